The predicted octanol–water partition coefficient (Wildman–Crippen LogP) is 5.79. The van der Waals surface area contributed by atoms with Crippen molar-refractivity contribution in [1.82, 2.24) is 23.7 Å². The normalized spacial score (nSPS) is 14.2. The maximum atomic E-state index is 13.2. The zero-order valence-corrected chi connectivity index (χ0v) is 29.4. The van der Waals surface area contributed by atoms with Gasteiger partial charge in [0.2, 0.25) is 16.0 Å². The number of likely N-dealkylation sites (N-methyl/N-ethyl adjacent to an activating group) is 1. The first-order valence-corrected chi connectivity index (χ1v) is 20.3. The average molecular weight is 652 g/mol. The lowest BCUT2D eigenvalue weighted by Crippen LogP contribution is -2.26. The first kappa shape index (κ1) is 32.9. The molecule has 45 heavy (non-hydrogen) atoms. The molecule has 4 aromatic rings. The van der Waals surface area contributed by atoms with E-state index in [9.17, 15) is 8.42 Å². The van der Waals surface area contributed by atoms with Crippen molar-refractivity contribution in [3.63, 3.8) is 0 Å². The highest BCUT2D eigenvalue weighted by molar-refractivity contribution is 7.89. The van der Waals surface area contributed by atoms with Gasteiger partial charge in [0, 0.05) is 48.1 Å². The van der Waals surface area contributed by atoms with Crippen LogP contribution < -0.4 is 15.4 Å². The number of rotatable bonds is 12. The Hall–Kier alpha value is -3.49. The van der Waals surface area contributed by atoms with Gasteiger partial charge >= 0.3 is 0 Å². The van der Waals surface area contributed by atoms with Crippen molar-refractivity contribution >= 4 is 52.3 Å². The molecular weight excluding hydrogens is 607 g/mol. The lowest BCUT2D eigenvalue weighted by Gasteiger charge is -2.26. The Labute approximate surface area is 267 Å². The molecular formula is C32H45N7O4SSi. The van der Waals surface area contributed by atoms with Crippen LogP contribution in [-0.2, 0) is 34.5 Å². The number of para-hydroxylation sites is 1. The fourth-order valence-electron chi connectivity index (χ4n) is 5.40. The van der Waals surface area contributed by atoms with Gasteiger partial charge in [-0.25, -0.2) is 12.7 Å². The van der Waals surface area contributed by atoms with Crippen LogP contribution in [0.15, 0.2) is 47.5 Å². The summed E-state index contributed by atoms with van der Waals surface area (Å²) >= 11 is 0. The molecule has 2 N–H and O–H groups in total. The highest BCUT2D eigenvalue weighted by atomic mass is 32.2. The second-order valence-electron chi connectivity index (χ2n) is 13.1. The molecule has 1 aliphatic heterocycles. The van der Waals surface area contributed by atoms with Gasteiger partial charge in [-0.15, -0.1) is 0 Å². The Morgan fingerprint density at radius 1 is 1.04 bits per heavy atom. The molecule has 0 saturated carbocycles. The largest absolute Gasteiger partial charge is 0.495 e. The number of benzene rings is 2. The highest BCUT2D eigenvalue weighted by Gasteiger charge is 2.24. The van der Waals surface area contributed by atoms with Gasteiger partial charge in [-0.2, -0.15) is 9.97 Å². The van der Waals surface area contributed by atoms with Gasteiger partial charge in [0.1, 0.15) is 28.8 Å². The van der Waals surface area contributed by atoms with Crippen molar-refractivity contribution in [2.75, 3.05) is 52.0 Å². The molecule has 0 saturated heterocycles. The average Bonchev–Trinajstić information content (AvgIpc) is 3.29. The van der Waals surface area contributed by atoms with Gasteiger partial charge in [0.25, 0.3) is 0 Å². The number of nitrogens with zero attached hydrogens (tertiary/aromatic N) is 5. The number of hydrogen-bond acceptors (Lipinski definition) is 9. The highest BCUT2D eigenvalue weighted by Crippen LogP contribution is 2.36. The van der Waals surface area contributed by atoms with Gasteiger partial charge in [-0.1, -0.05) is 31.8 Å². The number of ether oxygens (including phenoxy) is 2. The van der Waals surface area contributed by atoms with E-state index in [1.54, 1.807) is 31.4 Å². The molecule has 1 aliphatic rings. The molecule has 13 heteroatoms. The van der Waals surface area contributed by atoms with E-state index in [4.69, 9.17) is 19.4 Å². The number of aryl methyl sites for hydroxylation is 1. The summed E-state index contributed by atoms with van der Waals surface area (Å²) in [7, 11) is 1.85. The molecule has 0 amide bonds. The molecule has 0 bridgehead atoms. The van der Waals surface area contributed by atoms with Crippen LogP contribution in [0.5, 0.6) is 5.75 Å². The third-order valence-electron chi connectivity index (χ3n) is 8.00. The van der Waals surface area contributed by atoms with E-state index in [0.717, 1.165) is 42.2 Å². The fourth-order valence-corrected chi connectivity index (χ4v) is 7.20. The van der Waals surface area contributed by atoms with Crippen molar-refractivity contribution in [2.45, 2.75) is 57.2 Å². The number of methoxy groups -OCH3 is 1. The third kappa shape index (κ3) is 7.33. The quantitative estimate of drug-likeness (QED) is 0.145. The molecule has 5 rings (SSSR count). The van der Waals surface area contributed by atoms with Crippen LogP contribution in [0.1, 0.15) is 16.7 Å². The summed E-state index contributed by atoms with van der Waals surface area (Å²) < 4.78 is 41.5. The van der Waals surface area contributed by atoms with E-state index in [1.807, 2.05) is 17.7 Å². The van der Waals surface area contributed by atoms with E-state index in [2.05, 4.69) is 54.4 Å². The molecule has 0 aliphatic carbocycles. The lowest BCUT2D eigenvalue weighted by molar-refractivity contribution is 0.0898. The van der Waals surface area contributed by atoms with Crippen LogP contribution in [0.4, 0.5) is 23.1 Å². The summed E-state index contributed by atoms with van der Waals surface area (Å²) in [4.78, 5) is 12.3. The smallest absolute Gasteiger partial charge is 0.244 e. The first-order chi connectivity index (χ1) is 21.3. The van der Waals surface area contributed by atoms with Crippen LogP contribution >= 0.6 is 0 Å². The molecule has 11 nitrogen and oxygen atoms in total. The Balaban J connectivity index is 1.60. The molecule has 0 fully saturated rings. The Bertz CT molecular complexity index is 1800. The monoisotopic (exact) mass is 651 g/mol. The molecule has 0 atom stereocenters. The molecule has 0 radical (unpaired) electrons. The number of anilines is 4. The minimum absolute atomic E-state index is 0.156. The van der Waals surface area contributed by atoms with Crippen molar-refractivity contribution in [2.24, 2.45) is 0 Å². The second-order valence-corrected chi connectivity index (χ2v) is 20.8. The Morgan fingerprint density at radius 3 is 2.51 bits per heavy atom. The minimum Gasteiger partial charge on any atom is -0.495 e. The zero-order chi connectivity index (χ0) is 32.5. The number of hydrogen-bond donors (Lipinski definition) is 2. The summed E-state index contributed by atoms with van der Waals surface area (Å²) in [5, 5.41) is 7.54. The Morgan fingerprint density at radius 2 is 1.80 bits per heavy atom. The van der Waals surface area contributed by atoms with Crippen LogP contribution in [0.2, 0.25) is 25.7 Å². The number of aromatic nitrogens is 3. The summed E-state index contributed by atoms with van der Waals surface area (Å²) in [6.45, 7) is 11.8. The number of nitrogens with one attached hydrogen (secondary N) is 2. The van der Waals surface area contributed by atoms with Crippen LogP contribution in [0.25, 0.3) is 11.0 Å². The van der Waals surface area contributed by atoms with Crippen LogP contribution in [0.3, 0.4) is 0 Å². The van der Waals surface area contributed by atoms with Gasteiger partial charge in [-0.05, 0) is 67.4 Å². The maximum Gasteiger partial charge on any atom is 0.244 e. The van der Waals surface area contributed by atoms with E-state index in [-0.39, 0.29) is 4.90 Å². The van der Waals surface area contributed by atoms with Crippen LogP contribution in [-0.4, -0.2) is 81.6 Å². The van der Waals surface area contributed by atoms with Gasteiger partial charge < -0.3 is 29.6 Å². The predicted molar refractivity (Wildman–Crippen MR) is 183 cm³/mol. The minimum atomic E-state index is -3.72. The summed E-state index contributed by atoms with van der Waals surface area (Å²) in [5.41, 5.74) is 5.29. The standard InChI is InChI=1S/C32H45N7O4SSi/c1-22-19-39(21-43-15-16-45(6,7)8)31-29(22)30(33-25-11-9-10-12-28(25)44(40,41)37(2)3)35-32(36-31)34-26-17-24-20-38(4)14-13-23(24)18-27(26)42-5/h9-12,17-19H,13-16,20-21H2,1-8H3,(H2,33,34,35,36). The SMILES string of the molecule is COc1cc2c(cc1Nc1nc(Nc3ccccc3S(=O)(=O)N(C)C)c3c(C)cn(COCC[Si](C)(C)C)c3n1)CN(C)CC2. The van der Waals surface area contributed by atoms with Crippen molar-refractivity contribution < 1.29 is 17.9 Å². The van der Waals surface area contributed by atoms with Crippen molar-refractivity contribution in [1.29, 1.82) is 0 Å². The van der Waals surface area contributed by atoms with E-state index in [1.165, 1.54) is 29.5 Å². The van der Waals surface area contributed by atoms with Gasteiger partial charge in [0.15, 0.2) is 0 Å². The third-order valence-corrected chi connectivity index (χ3v) is 11.6. The topological polar surface area (TPSA) is 114 Å². The summed E-state index contributed by atoms with van der Waals surface area (Å²) in [6.07, 6.45) is 2.96. The molecule has 0 spiro atoms. The summed E-state index contributed by atoms with van der Waals surface area (Å²) in [5.74, 6) is 1.54. The Kier molecular flexibility index (Phi) is 9.56. The van der Waals surface area contributed by atoms with E-state index in [0.29, 0.717) is 42.2 Å². The van der Waals surface area contributed by atoms with Gasteiger partial charge in [-0.3, -0.25) is 0 Å². The van der Waals surface area contributed by atoms with E-state index >= 15 is 0 Å². The second kappa shape index (κ2) is 13.1. The molecule has 2 aromatic carbocycles. The first-order valence-electron chi connectivity index (χ1n) is 15.2. The fraction of sp³-hybridized carbons (Fsp3) is 0.438. The molecule has 3 heterocycles. The van der Waals surface area contributed by atoms with Crippen LogP contribution in [0, 0.1) is 6.92 Å². The molecule has 0 unspecified atom stereocenters. The van der Waals surface area contributed by atoms with Crippen molar-refractivity contribution in [3.05, 3.63) is 59.3 Å². The maximum absolute atomic E-state index is 13.2. The summed E-state index contributed by atoms with van der Waals surface area (Å²) in [6, 6.07) is 12.1. The van der Waals surface area contributed by atoms with Gasteiger partial charge in [0.05, 0.1) is 23.9 Å². The van der Waals surface area contributed by atoms with Crippen molar-refractivity contribution in [3.8, 4) is 5.75 Å². The lowest BCUT2D eigenvalue weighted by atomic mass is 9.99. The number of sulfonamides is 1. The van der Waals surface area contributed by atoms with E-state index < -0.39 is 18.1 Å². The zero-order valence-electron chi connectivity index (χ0n) is 27.6. The molecule has 242 valence electrons. The molecule has 2 aromatic heterocycles. The number of fused-ring (bicyclic) bond motifs is 2.